The second-order valence-corrected chi connectivity index (χ2v) is 6.87. The molecule has 0 saturated carbocycles. The van der Waals surface area contributed by atoms with Gasteiger partial charge in [-0.1, -0.05) is 11.6 Å². The number of hydrogen-bond donors (Lipinski definition) is 2. The molecule has 2 heterocycles. The predicted octanol–water partition coefficient (Wildman–Crippen LogP) is 3.32. The second kappa shape index (κ2) is 8.52. The van der Waals surface area contributed by atoms with Crippen LogP contribution in [0.25, 0.3) is 22.3 Å². The van der Waals surface area contributed by atoms with Gasteiger partial charge in [-0.3, -0.25) is 5.10 Å². The van der Waals surface area contributed by atoms with Gasteiger partial charge in [0.05, 0.1) is 36.6 Å². The number of methoxy groups -OCH3 is 2. The number of nitrogens with zero attached hydrogens (tertiary/aromatic N) is 4. The number of benzene rings is 2. The molecule has 4 aromatic rings. The zero-order valence-corrected chi connectivity index (χ0v) is 17.7. The molecule has 31 heavy (non-hydrogen) atoms. The van der Waals surface area contributed by atoms with Gasteiger partial charge < -0.3 is 19.5 Å². The lowest BCUT2D eigenvalue weighted by Crippen LogP contribution is -2.12. The molecule has 0 aliphatic rings. The maximum atomic E-state index is 11.3. The van der Waals surface area contributed by atoms with E-state index in [0.29, 0.717) is 39.5 Å². The maximum absolute atomic E-state index is 11.3. The number of aromatic nitrogens is 5. The summed E-state index contributed by atoms with van der Waals surface area (Å²) < 4.78 is 17.0. The van der Waals surface area contributed by atoms with Crippen LogP contribution in [0.5, 0.6) is 11.5 Å². The van der Waals surface area contributed by atoms with Crippen molar-refractivity contribution in [2.75, 3.05) is 26.1 Å². The minimum Gasteiger partial charge on any atom is -0.493 e. The highest BCUT2D eigenvalue weighted by Crippen LogP contribution is 2.34. The van der Waals surface area contributed by atoms with Gasteiger partial charge in [0.25, 0.3) is 0 Å². The Morgan fingerprint density at radius 3 is 2.84 bits per heavy atom. The molecular formula is C20H19ClN6O4. The third-order valence-corrected chi connectivity index (χ3v) is 4.97. The highest BCUT2D eigenvalue weighted by Gasteiger charge is 2.15. The van der Waals surface area contributed by atoms with Crippen molar-refractivity contribution in [1.29, 1.82) is 0 Å². The summed E-state index contributed by atoms with van der Waals surface area (Å²) in [5.41, 5.74) is 2.24. The number of rotatable bonds is 7. The molecule has 0 bridgehead atoms. The molecule has 0 aliphatic carbocycles. The predicted molar refractivity (Wildman–Crippen MR) is 115 cm³/mol. The second-order valence-electron chi connectivity index (χ2n) is 6.50. The van der Waals surface area contributed by atoms with Crippen molar-refractivity contribution in [3.8, 4) is 22.9 Å². The number of ether oxygens (including phenoxy) is 3. The van der Waals surface area contributed by atoms with E-state index < -0.39 is 5.97 Å². The first-order chi connectivity index (χ1) is 15.0. The number of aromatic amines is 1. The van der Waals surface area contributed by atoms with E-state index in [2.05, 4.69) is 30.3 Å². The van der Waals surface area contributed by atoms with Crippen LogP contribution in [0.4, 0.5) is 11.6 Å². The van der Waals surface area contributed by atoms with Crippen molar-refractivity contribution < 1.29 is 19.0 Å². The molecular weight excluding hydrogens is 424 g/mol. The number of esters is 1. The molecule has 2 N–H and O–H groups in total. The Morgan fingerprint density at radius 2 is 2.06 bits per heavy atom. The third-order valence-electron chi connectivity index (χ3n) is 4.56. The van der Waals surface area contributed by atoms with E-state index in [1.165, 1.54) is 14.2 Å². The average molecular weight is 443 g/mol. The van der Waals surface area contributed by atoms with E-state index in [0.717, 1.165) is 10.9 Å². The van der Waals surface area contributed by atoms with Crippen LogP contribution in [-0.4, -0.2) is 51.8 Å². The molecule has 0 fully saturated rings. The summed E-state index contributed by atoms with van der Waals surface area (Å²) in [6.45, 7) is -0.218. The summed E-state index contributed by atoms with van der Waals surface area (Å²) in [6.07, 6.45) is 1.67. The monoisotopic (exact) mass is 442 g/mol. The number of halogens is 1. The molecule has 0 spiro atoms. The van der Waals surface area contributed by atoms with E-state index in [-0.39, 0.29) is 6.61 Å². The lowest BCUT2D eigenvalue weighted by atomic mass is 10.2. The standard InChI is InChI=1S/C20H19ClN6O4/c1-27-20(23-14-6-5-13-12(18(14)21)9-22-25-13)24-19(26-27)11-4-7-15(16(8-11)29-2)31-10-17(28)30-3/h4-9H,10H2,1-3H3,(H,22,25)(H,23,24,26). The molecule has 4 rings (SSSR count). The fourth-order valence-corrected chi connectivity index (χ4v) is 3.20. The lowest BCUT2D eigenvalue weighted by Gasteiger charge is -2.10. The highest BCUT2D eigenvalue weighted by atomic mass is 35.5. The van der Waals surface area contributed by atoms with Gasteiger partial charge in [-0.05, 0) is 30.3 Å². The minimum atomic E-state index is -0.486. The molecule has 0 unspecified atom stereocenters. The van der Waals surface area contributed by atoms with Crippen molar-refractivity contribution in [1.82, 2.24) is 25.0 Å². The lowest BCUT2D eigenvalue weighted by molar-refractivity contribution is -0.142. The number of hydrogen-bond acceptors (Lipinski definition) is 8. The number of carbonyl (C=O) groups is 1. The summed E-state index contributed by atoms with van der Waals surface area (Å²) in [6, 6.07) is 8.92. The molecule has 2 aromatic carbocycles. The normalized spacial score (nSPS) is 10.8. The largest absolute Gasteiger partial charge is 0.493 e. The summed E-state index contributed by atoms with van der Waals surface area (Å²) in [4.78, 5) is 15.9. The van der Waals surface area contributed by atoms with Crippen LogP contribution in [-0.2, 0) is 16.6 Å². The van der Waals surface area contributed by atoms with Crippen LogP contribution >= 0.6 is 11.6 Å². The van der Waals surface area contributed by atoms with Crippen molar-refractivity contribution in [3.05, 3.63) is 41.6 Å². The zero-order valence-electron chi connectivity index (χ0n) is 17.0. The minimum absolute atomic E-state index is 0.218. The van der Waals surface area contributed by atoms with Crippen molar-refractivity contribution in [2.45, 2.75) is 0 Å². The molecule has 0 amide bonds. The Balaban J connectivity index is 1.59. The van der Waals surface area contributed by atoms with Gasteiger partial charge in [-0.25, -0.2) is 9.48 Å². The van der Waals surface area contributed by atoms with Crippen molar-refractivity contribution >= 4 is 40.1 Å². The van der Waals surface area contributed by atoms with Crippen LogP contribution in [0.15, 0.2) is 36.5 Å². The fourth-order valence-electron chi connectivity index (χ4n) is 2.94. The van der Waals surface area contributed by atoms with Crippen LogP contribution in [0.3, 0.4) is 0 Å². The van der Waals surface area contributed by atoms with Gasteiger partial charge in [0.2, 0.25) is 5.95 Å². The first-order valence-corrected chi connectivity index (χ1v) is 9.55. The van der Waals surface area contributed by atoms with E-state index in [1.54, 1.807) is 36.1 Å². The molecule has 10 nitrogen and oxygen atoms in total. The number of carbonyl (C=O) groups excluding carboxylic acids is 1. The Bertz CT molecular complexity index is 1250. The summed E-state index contributed by atoms with van der Waals surface area (Å²) in [7, 11) is 4.58. The van der Waals surface area contributed by atoms with Gasteiger partial charge in [0, 0.05) is 18.0 Å². The number of aryl methyl sites for hydroxylation is 1. The fraction of sp³-hybridized carbons (Fsp3) is 0.200. The number of fused-ring (bicyclic) bond motifs is 1. The van der Waals surface area contributed by atoms with Crippen LogP contribution in [0, 0.1) is 0 Å². The smallest absolute Gasteiger partial charge is 0.343 e. The van der Waals surface area contributed by atoms with Crippen molar-refractivity contribution in [3.63, 3.8) is 0 Å². The Kier molecular flexibility index (Phi) is 5.63. The van der Waals surface area contributed by atoms with Crippen LogP contribution in [0.1, 0.15) is 0 Å². The number of H-pyrrole nitrogens is 1. The highest BCUT2D eigenvalue weighted by molar-refractivity contribution is 6.38. The van der Waals surface area contributed by atoms with Crippen LogP contribution < -0.4 is 14.8 Å². The maximum Gasteiger partial charge on any atom is 0.343 e. The summed E-state index contributed by atoms with van der Waals surface area (Å²) in [5, 5.41) is 15.9. The van der Waals surface area contributed by atoms with Gasteiger partial charge in [-0.2, -0.15) is 10.1 Å². The Morgan fingerprint density at radius 1 is 1.23 bits per heavy atom. The molecule has 0 radical (unpaired) electrons. The van der Waals surface area contributed by atoms with Gasteiger partial charge in [-0.15, -0.1) is 5.10 Å². The number of nitrogens with one attached hydrogen (secondary N) is 2. The van der Waals surface area contributed by atoms with E-state index in [4.69, 9.17) is 21.1 Å². The molecule has 0 aliphatic heterocycles. The van der Waals surface area contributed by atoms with E-state index in [1.807, 2.05) is 12.1 Å². The molecule has 2 aromatic heterocycles. The van der Waals surface area contributed by atoms with E-state index >= 15 is 0 Å². The molecule has 0 saturated heterocycles. The summed E-state index contributed by atoms with van der Waals surface area (Å²) >= 11 is 6.49. The van der Waals surface area contributed by atoms with Gasteiger partial charge in [0.15, 0.2) is 23.9 Å². The SMILES string of the molecule is COC(=O)COc1ccc(-c2nc(Nc3ccc4[nH]ncc4c3Cl)n(C)n2)cc1OC. The molecule has 160 valence electrons. The van der Waals surface area contributed by atoms with Crippen LogP contribution in [0.2, 0.25) is 5.02 Å². The van der Waals surface area contributed by atoms with Crippen molar-refractivity contribution in [2.24, 2.45) is 7.05 Å². The topological polar surface area (TPSA) is 116 Å². The third kappa shape index (κ3) is 4.10. The summed E-state index contributed by atoms with van der Waals surface area (Å²) in [5.74, 6) is 1.34. The zero-order chi connectivity index (χ0) is 22.0. The number of anilines is 2. The first kappa shape index (κ1) is 20.5. The quantitative estimate of drug-likeness (QED) is 0.419. The Hall–Kier alpha value is -3.79. The average Bonchev–Trinajstić information content (AvgIpc) is 3.41. The molecule has 11 heteroatoms. The van der Waals surface area contributed by atoms with Gasteiger partial charge >= 0.3 is 5.97 Å². The Labute approximate surface area is 182 Å². The first-order valence-electron chi connectivity index (χ1n) is 9.18. The van der Waals surface area contributed by atoms with Gasteiger partial charge in [0.1, 0.15) is 0 Å². The van der Waals surface area contributed by atoms with E-state index in [9.17, 15) is 4.79 Å². The molecule has 0 atom stereocenters.